The van der Waals surface area contributed by atoms with Gasteiger partial charge in [0.15, 0.2) is 11.6 Å². The quantitative estimate of drug-likeness (QED) is 0.744. The van der Waals surface area contributed by atoms with Gasteiger partial charge in [-0.2, -0.15) is 0 Å². The Balaban J connectivity index is 2.32. The van der Waals surface area contributed by atoms with Crippen LogP contribution in [0.5, 0.6) is 17.2 Å². The van der Waals surface area contributed by atoms with Crippen LogP contribution >= 0.6 is 31.9 Å². The monoisotopic (exact) mass is 417 g/mol. The summed E-state index contributed by atoms with van der Waals surface area (Å²) in [6, 6.07) is 7.92. The highest BCUT2D eigenvalue weighted by Gasteiger charge is 2.12. The first-order valence-corrected chi connectivity index (χ1v) is 7.77. The molecule has 0 saturated carbocycles. The number of rotatable bonds is 4. The molecular formula is C15H14Br2FNO2. The summed E-state index contributed by atoms with van der Waals surface area (Å²) in [7, 11) is 1.57. The van der Waals surface area contributed by atoms with Crippen molar-refractivity contribution < 1.29 is 13.9 Å². The van der Waals surface area contributed by atoms with Gasteiger partial charge in [0, 0.05) is 6.04 Å². The van der Waals surface area contributed by atoms with E-state index in [0.29, 0.717) is 16.0 Å². The average Bonchev–Trinajstić information content (AvgIpc) is 2.44. The molecule has 0 saturated heterocycles. The van der Waals surface area contributed by atoms with Gasteiger partial charge < -0.3 is 15.2 Å². The first kappa shape index (κ1) is 16.3. The fourth-order valence-corrected chi connectivity index (χ4v) is 2.63. The third-order valence-corrected chi connectivity index (χ3v) is 4.15. The molecule has 0 fully saturated rings. The molecular weight excluding hydrogens is 405 g/mol. The summed E-state index contributed by atoms with van der Waals surface area (Å²) in [6.45, 7) is 1.80. The lowest BCUT2D eigenvalue weighted by Crippen LogP contribution is -2.05. The lowest BCUT2D eigenvalue weighted by Gasteiger charge is -2.13. The van der Waals surface area contributed by atoms with E-state index in [9.17, 15) is 4.39 Å². The Kier molecular flexibility index (Phi) is 5.24. The molecule has 0 amide bonds. The molecule has 6 heteroatoms. The van der Waals surface area contributed by atoms with Crippen molar-refractivity contribution in [2.24, 2.45) is 5.73 Å². The van der Waals surface area contributed by atoms with E-state index in [2.05, 4.69) is 31.9 Å². The van der Waals surface area contributed by atoms with E-state index in [1.165, 1.54) is 6.07 Å². The van der Waals surface area contributed by atoms with E-state index < -0.39 is 5.82 Å². The maximum Gasteiger partial charge on any atom is 0.166 e. The number of nitrogens with two attached hydrogens (primary N) is 1. The van der Waals surface area contributed by atoms with Crippen molar-refractivity contribution in [2.75, 3.05) is 7.11 Å². The van der Waals surface area contributed by atoms with Crippen LogP contribution in [0.15, 0.2) is 39.3 Å². The highest BCUT2D eigenvalue weighted by molar-refractivity contribution is 9.11. The summed E-state index contributed by atoms with van der Waals surface area (Å²) in [5.74, 6) is 0.818. The summed E-state index contributed by atoms with van der Waals surface area (Å²) in [6.07, 6.45) is 0. The summed E-state index contributed by atoms with van der Waals surface area (Å²) in [4.78, 5) is 0. The predicted octanol–water partition coefficient (Wildman–Crippen LogP) is 5.17. The van der Waals surface area contributed by atoms with Gasteiger partial charge in [-0.1, -0.05) is 6.07 Å². The fraction of sp³-hybridized carbons (Fsp3) is 0.200. The van der Waals surface area contributed by atoms with Crippen molar-refractivity contribution in [3.8, 4) is 17.2 Å². The molecule has 2 aromatic carbocycles. The van der Waals surface area contributed by atoms with E-state index in [1.807, 2.05) is 0 Å². The Morgan fingerprint density at radius 3 is 2.24 bits per heavy atom. The zero-order valence-electron chi connectivity index (χ0n) is 11.5. The minimum Gasteiger partial charge on any atom is -0.496 e. The maximum atomic E-state index is 14.0. The number of ether oxygens (including phenoxy) is 2. The molecule has 0 aromatic heterocycles. The molecule has 21 heavy (non-hydrogen) atoms. The molecule has 3 nitrogen and oxygen atoms in total. The van der Waals surface area contributed by atoms with Gasteiger partial charge >= 0.3 is 0 Å². The van der Waals surface area contributed by atoms with Crippen LogP contribution in [0.1, 0.15) is 18.5 Å². The van der Waals surface area contributed by atoms with Crippen molar-refractivity contribution in [1.82, 2.24) is 0 Å². The topological polar surface area (TPSA) is 44.5 Å². The second-order valence-electron chi connectivity index (χ2n) is 4.50. The van der Waals surface area contributed by atoms with Crippen LogP contribution in [-0.2, 0) is 0 Å². The summed E-state index contributed by atoms with van der Waals surface area (Å²) in [5, 5.41) is 0. The standard InChI is InChI=1S/C15H14Br2FNO2/c1-8(19)9-3-4-13(12(18)5-9)21-15-7-10(16)14(20-2)6-11(15)17/h3-8H,19H2,1-2H3/t8-/m1/s1. The molecule has 0 heterocycles. The summed E-state index contributed by atoms with van der Waals surface area (Å²) in [5.41, 5.74) is 6.44. The van der Waals surface area contributed by atoms with Gasteiger partial charge in [-0.05, 0) is 68.6 Å². The highest BCUT2D eigenvalue weighted by Crippen LogP contribution is 2.38. The molecule has 112 valence electrons. The number of benzene rings is 2. The van der Waals surface area contributed by atoms with Crippen LogP contribution in [0.2, 0.25) is 0 Å². The minimum absolute atomic E-state index is 0.136. The van der Waals surface area contributed by atoms with Crippen molar-refractivity contribution in [1.29, 1.82) is 0 Å². The van der Waals surface area contributed by atoms with Crippen LogP contribution < -0.4 is 15.2 Å². The van der Waals surface area contributed by atoms with E-state index in [-0.39, 0.29) is 11.8 Å². The second kappa shape index (κ2) is 6.77. The molecule has 0 spiro atoms. The molecule has 2 rings (SSSR count). The fourth-order valence-electron chi connectivity index (χ4n) is 1.75. The van der Waals surface area contributed by atoms with Gasteiger partial charge in [0.2, 0.25) is 0 Å². The summed E-state index contributed by atoms with van der Waals surface area (Å²) < 4.78 is 26.2. The third-order valence-electron chi connectivity index (χ3n) is 2.91. The molecule has 1 atom stereocenters. The Morgan fingerprint density at radius 2 is 1.67 bits per heavy atom. The highest BCUT2D eigenvalue weighted by atomic mass is 79.9. The van der Waals surface area contributed by atoms with Gasteiger partial charge in [0.1, 0.15) is 11.5 Å². The van der Waals surface area contributed by atoms with Crippen LogP contribution in [0.25, 0.3) is 0 Å². The van der Waals surface area contributed by atoms with Gasteiger partial charge in [-0.15, -0.1) is 0 Å². The molecule has 0 aliphatic heterocycles. The predicted molar refractivity (Wildman–Crippen MR) is 87.5 cm³/mol. The van der Waals surface area contributed by atoms with Crippen molar-refractivity contribution in [2.45, 2.75) is 13.0 Å². The van der Waals surface area contributed by atoms with Gasteiger partial charge in [-0.3, -0.25) is 0 Å². The number of methoxy groups -OCH3 is 1. The largest absolute Gasteiger partial charge is 0.496 e. The molecule has 0 aliphatic rings. The first-order valence-electron chi connectivity index (χ1n) is 6.18. The second-order valence-corrected chi connectivity index (χ2v) is 6.21. The Bertz CT molecular complexity index is 662. The molecule has 2 N–H and O–H groups in total. The van der Waals surface area contributed by atoms with Crippen molar-refractivity contribution in [3.05, 3.63) is 50.7 Å². The lowest BCUT2D eigenvalue weighted by molar-refractivity contribution is 0.407. The Hall–Kier alpha value is -1.11. The van der Waals surface area contributed by atoms with Crippen LogP contribution in [-0.4, -0.2) is 7.11 Å². The zero-order chi connectivity index (χ0) is 15.6. The minimum atomic E-state index is -0.455. The molecule has 2 aromatic rings. The summed E-state index contributed by atoms with van der Waals surface area (Å²) >= 11 is 6.74. The molecule has 0 aliphatic carbocycles. The van der Waals surface area contributed by atoms with E-state index >= 15 is 0 Å². The first-order chi connectivity index (χ1) is 9.92. The number of hydrogen-bond acceptors (Lipinski definition) is 3. The van der Waals surface area contributed by atoms with Crippen molar-refractivity contribution >= 4 is 31.9 Å². The molecule has 0 unspecified atom stereocenters. The van der Waals surface area contributed by atoms with E-state index in [4.69, 9.17) is 15.2 Å². The Labute approximate surface area is 139 Å². The SMILES string of the molecule is COc1cc(Br)c(Oc2ccc([C@@H](C)N)cc2F)cc1Br. The Morgan fingerprint density at radius 1 is 1.05 bits per heavy atom. The van der Waals surface area contributed by atoms with Crippen molar-refractivity contribution in [3.63, 3.8) is 0 Å². The van der Waals surface area contributed by atoms with Gasteiger partial charge in [0.05, 0.1) is 16.1 Å². The van der Waals surface area contributed by atoms with Gasteiger partial charge in [-0.25, -0.2) is 4.39 Å². The third kappa shape index (κ3) is 3.75. The van der Waals surface area contributed by atoms with E-state index in [0.717, 1.165) is 10.0 Å². The smallest absolute Gasteiger partial charge is 0.166 e. The molecule has 0 radical (unpaired) electrons. The number of halogens is 3. The van der Waals surface area contributed by atoms with Crippen LogP contribution in [0.4, 0.5) is 4.39 Å². The number of hydrogen-bond donors (Lipinski definition) is 1. The zero-order valence-corrected chi connectivity index (χ0v) is 14.7. The normalized spacial score (nSPS) is 12.1. The molecule has 0 bridgehead atoms. The van der Waals surface area contributed by atoms with E-state index in [1.54, 1.807) is 38.3 Å². The average molecular weight is 419 g/mol. The van der Waals surface area contributed by atoms with Crippen LogP contribution in [0.3, 0.4) is 0 Å². The lowest BCUT2D eigenvalue weighted by atomic mass is 10.1. The van der Waals surface area contributed by atoms with Gasteiger partial charge in [0.25, 0.3) is 0 Å². The maximum absolute atomic E-state index is 14.0. The van der Waals surface area contributed by atoms with Crippen LogP contribution in [0, 0.1) is 5.82 Å².